The van der Waals surface area contributed by atoms with E-state index in [1.165, 1.54) is 0 Å². The van der Waals surface area contributed by atoms with E-state index in [9.17, 15) is 13.6 Å². The van der Waals surface area contributed by atoms with E-state index in [-0.39, 0.29) is 19.1 Å². The molecule has 1 aliphatic carbocycles. The number of amides is 1. The molecule has 0 heterocycles. The van der Waals surface area contributed by atoms with E-state index in [4.69, 9.17) is 5.11 Å². The van der Waals surface area contributed by atoms with Crippen LogP contribution in [0.2, 0.25) is 0 Å². The predicted octanol–water partition coefficient (Wildman–Crippen LogP) is 2.58. The number of alkyl halides is 2. The number of aliphatic hydroxyl groups is 1. The lowest BCUT2D eigenvalue weighted by molar-refractivity contribution is -0.140. The van der Waals surface area contributed by atoms with Crippen LogP contribution in [0.15, 0.2) is 30.3 Å². The molecule has 21 heavy (non-hydrogen) atoms. The fourth-order valence-electron chi connectivity index (χ4n) is 3.23. The van der Waals surface area contributed by atoms with Crippen LogP contribution in [0.4, 0.5) is 8.78 Å². The lowest BCUT2D eigenvalue weighted by atomic mass is 9.77. The summed E-state index contributed by atoms with van der Waals surface area (Å²) in [4.78, 5) is 14.0. The SMILES string of the molecule is O=C(N(CCO)CC(F)F)C1(c2ccccc2)CCCC1. The molecule has 116 valence electrons. The van der Waals surface area contributed by atoms with Gasteiger partial charge in [-0.15, -0.1) is 0 Å². The lowest BCUT2D eigenvalue weighted by Crippen LogP contribution is -2.48. The third kappa shape index (κ3) is 3.40. The normalized spacial score (nSPS) is 17.1. The first-order valence-corrected chi connectivity index (χ1v) is 7.34. The smallest absolute Gasteiger partial charge is 0.255 e. The molecule has 0 saturated heterocycles. The van der Waals surface area contributed by atoms with Crippen LogP contribution in [0.5, 0.6) is 0 Å². The second kappa shape index (κ2) is 6.98. The van der Waals surface area contributed by atoms with E-state index in [1.807, 2.05) is 30.3 Å². The van der Waals surface area contributed by atoms with Crippen molar-refractivity contribution in [2.75, 3.05) is 19.7 Å². The van der Waals surface area contributed by atoms with Gasteiger partial charge < -0.3 is 10.0 Å². The van der Waals surface area contributed by atoms with Gasteiger partial charge in [0.1, 0.15) is 0 Å². The topological polar surface area (TPSA) is 40.5 Å². The van der Waals surface area contributed by atoms with Crippen LogP contribution in [-0.2, 0) is 10.2 Å². The van der Waals surface area contributed by atoms with Gasteiger partial charge in [-0.2, -0.15) is 0 Å². The highest BCUT2D eigenvalue weighted by atomic mass is 19.3. The van der Waals surface area contributed by atoms with E-state index in [2.05, 4.69) is 0 Å². The number of rotatable bonds is 6. The molecule has 1 N–H and O–H groups in total. The Morgan fingerprint density at radius 1 is 1.24 bits per heavy atom. The minimum absolute atomic E-state index is 0.0439. The second-order valence-corrected chi connectivity index (χ2v) is 5.52. The number of carbonyl (C=O) groups excluding carboxylic acids is 1. The molecule has 1 fully saturated rings. The van der Waals surface area contributed by atoms with Gasteiger partial charge in [-0.25, -0.2) is 8.78 Å². The van der Waals surface area contributed by atoms with Crippen LogP contribution in [0, 0.1) is 0 Å². The van der Waals surface area contributed by atoms with Crippen molar-refractivity contribution in [2.24, 2.45) is 0 Å². The Kier molecular flexibility index (Phi) is 5.28. The van der Waals surface area contributed by atoms with Crippen LogP contribution < -0.4 is 0 Å². The highest BCUT2D eigenvalue weighted by Gasteiger charge is 2.45. The van der Waals surface area contributed by atoms with Crippen molar-refractivity contribution in [2.45, 2.75) is 37.5 Å². The average molecular weight is 297 g/mol. The number of hydrogen-bond acceptors (Lipinski definition) is 2. The first kappa shape index (κ1) is 15.9. The molecule has 5 heteroatoms. The Morgan fingerprint density at radius 2 is 1.86 bits per heavy atom. The van der Waals surface area contributed by atoms with E-state index in [1.54, 1.807) is 0 Å². The van der Waals surface area contributed by atoms with Crippen LogP contribution in [0.25, 0.3) is 0 Å². The van der Waals surface area contributed by atoms with Gasteiger partial charge in [0, 0.05) is 6.54 Å². The monoisotopic (exact) mass is 297 g/mol. The molecule has 0 aromatic heterocycles. The largest absolute Gasteiger partial charge is 0.395 e. The summed E-state index contributed by atoms with van der Waals surface area (Å²) in [6.45, 7) is -0.963. The highest BCUT2D eigenvalue weighted by molar-refractivity contribution is 5.88. The molecule has 0 radical (unpaired) electrons. The molecule has 1 amide bonds. The Hall–Kier alpha value is -1.49. The second-order valence-electron chi connectivity index (χ2n) is 5.52. The Labute approximate surface area is 123 Å². The van der Waals surface area contributed by atoms with E-state index in [0.717, 1.165) is 23.3 Å². The van der Waals surface area contributed by atoms with Crippen LogP contribution in [-0.4, -0.2) is 42.0 Å². The summed E-state index contributed by atoms with van der Waals surface area (Å²) >= 11 is 0. The van der Waals surface area contributed by atoms with Gasteiger partial charge in [0.2, 0.25) is 5.91 Å². The minimum Gasteiger partial charge on any atom is -0.395 e. The van der Waals surface area contributed by atoms with E-state index < -0.39 is 18.4 Å². The standard InChI is InChI=1S/C16H21F2NO2/c17-14(18)12-19(10-11-20)15(21)16(8-4-5-9-16)13-6-2-1-3-7-13/h1-3,6-7,14,20H,4-5,8-12H2. The third-order valence-corrected chi connectivity index (χ3v) is 4.21. The van der Waals surface area contributed by atoms with Gasteiger partial charge in [0.25, 0.3) is 6.43 Å². The molecule has 0 atom stereocenters. The number of hydrogen-bond donors (Lipinski definition) is 1. The van der Waals surface area contributed by atoms with Gasteiger partial charge in [0.15, 0.2) is 0 Å². The van der Waals surface area contributed by atoms with E-state index >= 15 is 0 Å². The maximum absolute atomic E-state index is 12.9. The van der Waals surface area contributed by atoms with Gasteiger partial charge in [-0.1, -0.05) is 43.2 Å². The summed E-state index contributed by atoms with van der Waals surface area (Å²) in [7, 11) is 0. The Balaban J connectivity index is 2.30. The summed E-state index contributed by atoms with van der Waals surface area (Å²) in [5.74, 6) is -0.277. The van der Waals surface area contributed by atoms with Crippen molar-refractivity contribution in [3.05, 3.63) is 35.9 Å². The van der Waals surface area contributed by atoms with Crippen LogP contribution in [0.3, 0.4) is 0 Å². The fourth-order valence-corrected chi connectivity index (χ4v) is 3.23. The molecule has 3 nitrogen and oxygen atoms in total. The zero-order valence-electron chi connectivity index (χ0n) is 12.0. The number of halogens is 2. The highest BCUT2D eigenvalue weighted by Crippen LogP contribution is 2.42. The van der Waals surface area contributed by atoms with Crippen molar-refractivity contribution in [3.63, 3.8) is 0 Å². The first-order chi connectivity index (χ1) is 10.1. The number of carbonyl (C=O) groups is 1. The summed E-state index contributed by atoms with van der Waals surface area (Å²) in [5.41, 5.74) is 0.190. The van der Waals surface area contributed by atoms with Gasteiger partial charge >= 0.3 is 0 Å². The molecule has 2 rings (SSSR count). The molecular formula is C16H21F2NO2. The maximum Gasteiger partial charge on any atom is 0.255 e. The van der Waals surface area contributed by atoms with Crippen molar-refractivity contribution < 1.29 is 18.7 Å². The third-order valence-electron chi connectivity index (χ3n) is 4.21. The molecule has 1 aromatic rings. The molecule has 0 aliphatic heterocycles. The molecule has 1 aromatic carbocycles. The van der Waals surface area contributed by atoms with E-state index in [0.29, 0.717) is 12.8 Å². The van der Waals surface area contributed by atoms with Crippen LogP contribution in [0.1, 0.15) is 31.2 Å². The Bertz CT molecular complexity index is 459. The number of aliphatic hydroxyl groups excluding tert-OH is 1. The molecule has 0 bridgehead atoms. The summed E-state index contributed by atoms with van der Waals surface area (Å²) in [5, 5.41) is 9.06. The number of nitrogens with zero attached hydrogens (tertiary/aromatic N) is 1. The van der Waals surface area contributed by atoms with Crippen molar-refractivity contribution in [3.8, 4) is 0 Å². The summed E-state index contributed by atoms with van der Waals surface area (Å²) in [6.07, 6.45) is 0.613. The fraction of sp³-hybridized carbons (Fsp3) is 0.562. The van der Waals surface area contributed by atoms with Crippen LogP contribution >= 0.6 is 0 Å². The molecule has 1 aliphatic rings. The quantitative estimate of drug-likeness (QED) is 0.877. The van der Waals surface area contributed by atoms with Crippen molar-refractivity contribution in [1.29, 1.82) is 0 Å². The molecule has 1 saturated carbocycles. The first-order valence-electron chi connectivity index (χ1n) is 7.34. The molecule has 0 spiro atoms. The maximum atomic E-state index is 12.9. The molecule has 0 unspecified atom stereocenters. The predicted molar refractivity (Wildman–Crippen MR) is 76.3 cm³/mol. The number of benzene rings is 1. The lowest BCUT2D eigenvalue weighted by Gasteiger charge is -2.34. The van der Waals surface area contributed by atoms with Crippen molar-refractivity contribution >= 4 is 5.91 Å². The summed E-state index contributed by atoms with van der Waals surface area (Å²) < 4.78 is 25.4. The average Bonchev–Trinajstić information content (AvgIpc) is 2.97. The van der Waals surface area contributed by atoms with Gasteiger partial charge in [0.05, 0.1) is 18.6 Å². The minimum atomic E-state index is -2.59. The zero-order chi connectivity index (χ0) is 15.3. The van der Waals surface area contributed by atoms with Gasteiger partial charge in [-0.3, -0.25) is 4.79 Å². The zero-order valence-corrected chi connectivity index (χ0v) is 12.0. The Morgan fingerprint density at radius 3 is 2.38 bits per heavy atom. The molecular weight excluding hydrogens is 276 g/mol. The summed E-state index contributed by atoms with van der Waals surface area (Å²) in [6, 6.07) is 9.39. The van der Waals surface area contributed by atoms with Crippen molar-refractivity contribution in [1.82, 2.24) is 4.90 Å². The van der Waals surface area contributed by atoms with Gasteiger partial charge in [-0.05, 0) is 18.4 Å².